The van der Waals surface area contributed by atoms with Crippen LogP contribution in [0.25, 0.3) is 0 Å². The number of carbonyl (C=O) groups is 2. The van der Waals surface area contributed by atoms with Crippen LogP contribution >= 0.6 is 0 Å². The first kappa shape index (κ1) is 17.9. The number of hydrogen-bond donors (Lipinski definition) is 1. The lowest BCUT2D eigenvalue weighted by Gasteiger charge is -2.17. The molecule has 26 heavy (non-hydrogen) atoms. The van der Waals surface area contributed by atoms with E-state index in [9.17, 15) is 14.0 Å². The van der Waals surface area contributed by atoms with Crippen molar-refractivity contribution in [1.29, 1.82) is 0 Å². The minimum absolute atomic E-state index is 0.0152. The van der Waals surface area contributed by atoms with E-state index < -0.39 is 0 Å². The van der Waals surface area contributed by atoms with Gasteiger partial charge in [0, 0.05) is 19.5 Å². The molecule has 136 valence electrons. The van der Waals surface area contributed by atoms with Crippen molar-refractivity contribution in [2.45, 2.75) is 18.9 Å². The Bertz CT molecular complexity index is 749. The fourth-order valence-electron chi connectivity index (χ4n) is 2.94. The molecule has 5 nitrogen and oxygen atoms in total. The summed E-state index contributed by atoms with van der Waals surface area (Å²) in [6, 6.07) is 15.2. The molecule has 1 atom stereocenters. The van der Waals surface area contributed by atoms with Crippen molar-refractivity contribution < 1.29 is 18.7 Å². The SMILES string of the molecule is O=C(COc1ccccc1)NC1CC(=O)N(CCc2ccc(F)cc2)C1. The Balaban J connectivity index is 1.42. The summed E-state index contributed by atoms with van der Waals surface area (Å²) >= 11 is 0. The number of nitrogens with zero attached hydrogens (tertiary/aromatic N) is 1. The van der Waals surface area contributed by atoms with E-state index in [4.69, 9.17) is 4.74 Å². The highest BCUT2D eigenvalue weighted by Crippen LogP contribution is 2.13. The van der Waals surface area contributed by atoms with Crippen molar-refractivity contribution in [3.8, 4) is 5.75 Å². The molecule has 2 aromatic rings. The Morgan fingerprint density at radius 2 is 1.88 bits per heavy atom. The summed E-state index contributed by atoms with van der Waals surface area (Å²) in [7, 11) is 0. The standard InChI is InChI=1S/C20H21FN2O3/c21-16-8-6-15(7-9-16)10-11-23-13-17(12-20(23)25)22-19(24)14-26-18-4-2-1-3-5-18/h1-9,17H,10-14H2,(H,22,24). The molecule has 1 heterocycles. The normalized spacial score (nSPS) is 16.6. The first-order chi connectivity index (χ1) is 12.6. The second-order valence-corrected chi connectivity index (χ2v) is 6.29. The lowest BCUT2D eigenvalue weighted by Crippen LogP contribution is -2.39. The Morgan fingerprint density at radius 3 is 2.62 bits per heavy atom. The predicted octanol–water partition coefficient (Wildman–Crippen LogP) is 2.16. The van der Waals surface area contributed by atoms with Crippen molar-refractivity contribution in [2.75, 3.05) is 19.7 Å². The number of carbonyl (C=O) groups excluding carboxylic acids is 2. The Morgan fingerprint density at radius 1 is 1.15 bits per heavy atom. The molecule has 0 spiro atoms. The van der Waals surface area contributed by atoms with Gasteiger partial charge in [0.25, 0.3) is 5.91 Å². The quantitative estimate of drug-likeness (QED) is 0.827. The summed E-state index contributed by atoms with van der Waals surface area (Å²) in [5, 5.41) is 2.84. The van der Waals surface area contributed by atoms with E-state index in [2.05, 4.69) is 5.32 Å². The van der Waals surface area contributed by atoms with Crippen LogP contribution in [0.5, 0.6) is 5.75 Å². The van der Waals surface area contributed by atoms with Crippen LogP contribution in [-0.4, -0.2) is 42.5 Å². The predicted molar refractivity (Wildman–Crippen MR) is 95.2 cm³/mol. The minimum Gasteiger partial charge on any atom is -0.484 e. The average Bonchev–Trinajstić information content (AvgIpc) is 2.99. The summed E-state index contributed by atoms with van der Waals surface area (Å²) in [6.45, 7) is 0.957. The highest BCUT2D eigenvalue weighted by molar-refractivity contribution is 5.82. The number of likely N-dealkylation sites (tertiary alicyclic amines) is 1. The van der Waals surface area contributed by atoms with Gasteiger partial charge in [-0.1, -0.05) is 30.3 Å². The van der Waals surface area contributed by atoms with Gasteiger partial charge in [-0.05, 0) is 36.2 Å². The first-order valence-corrected chi connectivity index (χ1v) is 8.59. The van der Waals surface area contributed by atoms with Gasteiger partial charge in [-0.15, -0.1) is 0 Å². The number of rotatable bonds is 7. The molecule has 6 heteroatoms. The number of benzene rings is 2. The van der Waals surface area contributed by atoms with E-state index in [1.807, 2.05) is 18.2 Å². The van der Waals surface area contributed by atoms with Gasteiger partial charge in [-0.3, -0.25) is 9.59 Å². The van der Waals surface area contributed by atoms with E-state index in [1.54, 1.807) is 29.2 Å². The number of amides is 2. The Labute approximate surface area is 151 Å². The van der Waals surface area contributed by atoms with E-state index >= 15 is 0 Å². The van der Waals surface area contributed by atoms with Crippen LogP contribution in [0.2, 0.25) is 0 Å². The number of hydrogen-bond acceptors (Lipinski definition) is 3. The third kappa shape index (κ3) is 5.05. The molecule has 1 aliphatic rings. The second kappa shape index (κ2) is 8.47. The molecule has 0 radical (unpaired) electrons. The van der Waals surface area contributed by atoms with Crippen LogP contribution < -0.4 is 10.1 Å². The highest BCUT2D eigenvalue weighted by Gasteiger charge is 2.30. The van der Waals surface area contributed by atoms with Crippen LogP contribution in [-0.2, 0) is 16.0 Å². The first-order valence-electron chi connectivity index (χ1n) is 8.59. The number of halogens is 1. The van der Waals surface area contributed by atoms with Gasteiger partial charge < -0.3 is 15.0 Å². The zero-order valence-corrected chi connectivity index (χ0v) is 14.4. The van der Waals surface area contributed by atoms with Gasteiger partial charge in [0.05, 0.1) is 6.04 Å². The Kier molecular flexibility index (Phi) is 5.84. The fourth-order valence-corrected chi connectivity index (χ4v) is 2.94. The highest BCUT2D eigenvalue weighted by atomic mass is 19.1. The Hall–Kier alpha value is -2.89. The number of nitrogens with one attached hydrogen (secondary N) is 1. The molecule has 2 amide bonds. The maximum absolute atomic E-state index is 12.9. The van der Waals surface area contributed by atoms with Crippen LogP contribution in [0.15, 0.2) is 54.6 Å². The van der Waals surface area contributed by atoms with Crippen LogP contribution in [0.1, 0.15) is 12.0 Å². The van der Waals surface area contributed by atoms with Crippen LogP contribution in [0, 0.1) is 5.82 Å². The molecular weight excluding hydrogens is 335 g/mol. The van der Waals surface area contributed by atoms with Gasteiger partial charge in [-0.2, -0.15) is 0 Å². The van der Waals surface area contributed by atoms with Gasteiger partial charge in [-0.25, -0.2) is 4.39 Å². The summed E-state index contributed by atoms with van der Waals surface area (Å²) in [5.41, 5.74) is 0.975. The molecule has 1 aliphatic heterocycles. The monoisotopic (exact) mass is 356 g/mol. The molecule has 1 N–H and O–H groups in total. The van der Waals surface area contributed by atoms with Crippen molar-refractivity contribution >= 4 is 11.8 Å². The molecule has 1 unspecified atom stereocenters. The molecule has 1 saturated heterocycles. The van der Waals surface area contributed by atoms with Crippen LogP contribution in [0.3, 0.4) is 0 Å². The third-order valence-electron chi connectivity index (χ3n) is 4.28. The van der Waals surface area contributed by atoms with Gasteiger partial charge in [0.15, 0.2) is 6.61 Å². The van der Waals surface area contributed by atoms with Crippen molar-refractivity contribution in [3.63, 3.8) is 0 Å². The summed E-state index contributed by atoms with van der Waals surface area (Å²) in [6.07, 6.45) is 0.949. The topological polar surface area (TPSA) is 58.6 Å². The van der Waals surface area contributed by atoms with Gasteiger partial charge >= 0.3 is 0 Å². The fraction of sp³-hybridized carbons (Fsp3) is 0.300. The molecule has 3 rings (SSSR count). The average molecular weight is 356 g/mol. The van der Waals surface area contributed by atoms with E-state index in [-0.39, 0.29) is 30.3 Å². The second-order valence-electron chi connectivity index (χ2n) is 6.29. The van der Waals surface area contributed by atoms with Crippen LogP contribution in [0.4, 0.5) is 4.39 Å². The molecule has 0 saturated carbocycles. The summed E-state index contributed by atoms with van der Waals surface area (Å²) in [5.74, 6) is 0.131. The van der Waals surface area contributed by atoms with Crippen molar-refractivity contribution in [1.82, 2.24) is 10.2 Å². The van der Waals surface area contributed by atoms with Crippen molar-refractivity contribution in [2.24, 2.45) is 0 Å². The molecular formula is C20H21FN2O3. The number of ether oxygens (including phenoxy) is 1. The maximum atomic E-state index is 12.9. The molecule has 1 fully saturated rings. The number of para-hydroxylation sites is 1. The molecule has 2 aromatic carbocycles. The lowest BCUT2D eigenvalue weighted by molar-refractivity contribution is -0.127. The maximum Gasteiger partial charge on any atom is 0.258 e. The molecule has 0 aromatic heterocycles. The van der Waals surface area contributed by atoms with E-state index in [0.717, 1.165) is 5.56 Å². The zero-order valence-electron chi connectivity index (χ0n) is 14.4. The summed E-state index contributed by atoms with van der Waals surface area (Å²) < 4.78 is 18.3. The third-order valence-corrected chi connectivity index (χ3v) is 4.28. The van der Waals surface area contributed by atoms with E-state index in [0.29, 0.717) is 31.7 Å². The smallest absolute Gasteiger partial charge is 0.258 e. The zero-order chi connectivity index (χ0) is 18.4. The minimum atomic E-state index is -0.272. The molecule has 0 aliphatic carbocycles. The molecule has 0 bridgehead atoms. The largest absolute Gasteiger partial charge is 0.484 e. The van der Waals surface area contributed by atoms with E-state index in [1.165, 1.54) is 12.1 Å². The van der Waals surface area contributed by atoms with Gasteiger partial charge in [0.2, 0.25) is 5.91 Å². The van der Waals surface area contributed by atoms with Gasteiger partial charge in [0.1, 0.15) is 11.6 Å². The van der Waals surface area contributed by atoms with Crippen molar-refractivity contribution in [3.05, 3.63) is 66.0 Å². The lowest BCUT2D eigenvalue weighted by atomic mass is 10.1. The summed E-state index contributed by atoms with van der Waals surface area (Å²) in [4.78, 5) is 25.8.